The van der Waals surface area contributed by atoms with Crippen molar-refractivity contribution >= 4 is 24.3 Å². The number of nitrogens with zero attached hydrogens (tertiary/aromatic N) is 3. The molecule has 1 saturated heterocycles. The predicted octanol–water partition coefficient (Wildman–Crippen LogP) is 2.52. The topological polar surface area (TPSA) is 102 Å². The number of carbonyl (C=O) groups is 1. The molecule has 152 valence electrons. The van der Waals surface area contributed by atoms with E-state index >= 15 is 0 Å². The van der Waals surface area contributed by atoms with Crippen molar-refractivity contribution < 1.29 is 14.3 Å². The number of hydrogen-bond donors (Lipinski definition) is 2. The zero-order valence-corrected chi connectivity index (χ0v) is 16.3. The highest BCUT2D eigenvalue weighted by Gasteiger charge is 2.23. The van der Waals surface area contributed by atoms with Gasteiger partial charge >= 0.3 is 0 Å². The zero-order chi connectivity index (χ0) is 20.5. The normalized spacial score (nSPS) is 17.1. The van der Waals surface area contributed by atoms with Crippen LogP contribution in [0.15, 0.2) is 58.5 Å². The van der Waals surface area contributed by atoms with Crippen LogP contribution in [0.25, 0.3) is 0 Å². The van der Waals surface area contributed by atoms with Gasteiger partial charge in [-0.25, -0.2) is 4.99 Å². The summed E-state index contributed by atoms with van der Waals surface area (Å²) in [6, 6.07) is 14.8. The molecule has 2 aromatic carbocycles. The SMILES string of the molecule is COc1cccc(Oc2ccc(NC(=O)CN3CC[C@H](N=CN=CN)C3)cc2)c1. The molecule has 0 radical (unpaired) electrons. The number of nitrogens with one attached hydrogen (secondary N) is 1. The van der Waals surface area contributed by atoms with Gasteiger partial charge in [-0.05, 0) is 42.8 Å². The monoisotopic (exact) mass is 395 g/mol. The number of anilines is 1. The van der Waals surface area contributed by atoms with E-state index < -0.39 is 0 Å². The van der Waals surface area contributed by atoms with Crippen LogP contribution in [0.2, 0.25) is 0 Å². The molecule has 0 aliphatic carbocycles. The molecule has 2 aromatic rings. The van der Waals surface area contributed by atoms with Crippen LogP contribution in [0, 0.1) is 0 Å². The fourth-order valence-electron chi connectivity index (χ4n) is 3.06. The Balaban J connectivity index is 1.47. The Morgan fingerprint density at radius 3 is 2.79 bits per heavy atom. The first kappa shape index (κ1) is 20.3. The van der Waals surface area contributed by atoms with Gasteiger partial charge in [-0.1, -0.05) is 6.07 Å². The summed E-state index contributed by atoms with van der Waals surface area (Å²) in [5.74, 6) is 2.03. The summed E-state index contributed by atoms with van der Waals surface area (Å²) < 4.78 is 11.0. The minimum atomic E-state index is -0.0592. The number of aliphatic imine (C=N–C) groups is 2. The fourth-order valence-corrected chi connectivity index (χ4v) is 3.06. The van der Waals surface area contributed by atoms with Gasteiger partial charge in [-0.3, -0.25) is 14.7 Å². The van der Waals surface area contributed by atoms with Gasteiger partial charge in [0.2, 0.25) is 5.91 Å². The van der Waals surface area contributed by atoms with E-state index in [-0.39, 0.29) is 11.9 Å². The Hall–Kier alpha value is -3.39. The van der Waals surface area contributed by atoms with Crippen LogP contribution >= 0.6 is 0 Å². The molecule has 1 aliphatic rings. The molecule has 0 unspecified atom stereocenters. The number of rotatable bonds is 8. The molecule has 8 nitrogen and oxygen atoms in total. The molecule has 8 heteroatoms. The lowest BCUT2D eigenvalue weighted by Crippen LogP contribution is -2.32. The fraction of sp³-hybridized carbons (Fsp3) is 0.286. The van der Waals surface area contributed by atoms with Crippen molar-refractivity contribution in [1.29, 1.82) is 0 Å². The molecule has 0 spiro atoms. The second kappa shape index (κ2) is 10.2. The van der Waals surface area contributed by atoms with Crippen molar-refractivity contribution in [1.82, 2.24) is 4.90 Å². The van der Waals surface area contributed by atoms with Crippen LogP contribution in [0.5, 0.6) is 17.2 Å². The van der Waals surface area contributed by atoms with E-state index in [9.17, 15) is 4.79 Å². The van der Waals surface area contributed by atoms with Gasteiger partial charge in [0.1, 0.15) is 23.6 Å². The Labute approximate surface area is 170 Å². The lowest BCUT2D eigenvalue weighted by Gasteiger charge is -2.15. The molecule has 0 bridgehead atoms. The third kappa shape index (κ3) is 6.32. The minimum absolute atomic E-state index is 0.0592. The van der Waals surface area contributed by atoms with Gasteiger partial charge in [-0.2, -0.15) is 0 Å². The number of ether oxygens (including phenoxy) is 2. The van der Waals surface area contributed by atoms with Crippen molar-refractivity contribution in [3.63, 3.8) is 0 Å². The Morgan fingerprint density at radius 2 is 2.03 bits per heavy atom. The summed E-state index contributed by atoms with van der Waals surface area (Å²) in [5.41, 5.74) is 5.90. The van der Waals surface area contributed by atoms with Gasteiger partial charge in [0.15, 0.2) is 0 Å². The quantitative estimate of drug-likeness (QED) is 0.528. The highest BCUT2D eigenvalue weighted by molar-refractivity contribution is 5.92. The van der Waals surface area contributed by atoms with E-state index in [1.807, 2.05) is 48.5 Å². The standard InChI is InChI=1S/C21H25N5O3/c1-28-19-3-2-4-20(11-19)29-18-7-5-16(6-8-18)25-21(27)13-26-10-9-17(12-26)24-15-23-14-22/h2-8,11,14-15,17H,9-10,12-13H2,1H3,(H,25,27)(H2,22,23,24)/t17-/m0/s1. The summed E-state index contributed by atoms with van der Waals surface area (Å²) in [5, 5.41) is 2.91. The largest absolute Gasteiger partial charge is 0.497 e. The van der Waals surface area contributed by atoms with Gasteiger partial charge in [0.25, 0.3) is 0 Å². The van der Waals surface area contributed by atoms with Crippen molar-refractivity contribution in [2.24, 2.45) is 15.7 Å². The zero-order valence-electron chi connectivity index (χ0n) is 16.3. The summed E-state index contributed by atoms with van der Waals surface area (Å²) in [6.45, 7) is 1.89. The van der Waals surface area contributed by atoms with Crippen molar-refractivity contribution in [3.8, 4) is 17.2 Å². The highest BCUT2D eigenvalue weighted by Crippen LogP contribution is 2.26. The number of hydrogen-bond acceptors (Lipinski definition) is 5. The number of carbonyl (C=O) groups excluding carboxylic acids is 1. The molecule has 29 heavy (non-hydrogen) atoms. The first-order valence-electron chi connectivity index (χ1n) is 9.35. The van der Waals surface area contributed by atoms with Gasteiger partial charge in [0, 0.05) is 24.8 Å². The van der Waals surface area contributed by atoms with Crippen LogP contribution in [-0.4, -0.2) is 56.3 Å². The molecule has 0 saturated carbocycles. The summed E-state index contributed by atoms with van der Waals surface area (Å²) in [4.78, 5) is 22.5. The first-order valence-corrected chi connectivity index (χ1v) is 9.35. The third-order valence-electron chi connectivity index (χ3n) is 4.46. The van der Waals surface area contributed by atoms with E-state index in [4.69, 9.17) is 15.2 Å². The first-order chi connectivity index (χ1) is 14.2. The molecular weight excluding hydrogens is 370 g/mol. The molecule has 1 atom stereocenters. The third-order valence-corrected chi connectivity index (χ3v) is 4.46. The van der Waals surface area contributed by atoms with E-state index in [1.54, 1.807) is 7.11 Å². The van der Waals surface area contributed by atoms with E-state index in [1.165, 1.54) is 12.7 Å². The number of nitrogens with two attached hydrogens (primary N) is 1. The van der Waals surface area contributed by atoms with Crippen LogP contribution < -0.4 is 20.5 Å². The second-order valence-corrected chi connectivity index (χ2v) is 6.59. The smallest absolute Gasteiger partial charge is 0.238 e. The van der Waals surface area contributed by atoms with Crippen LogP contribution in [0.4, 0.5) is 5.69 Å². The molecule has 1 aliphatic heterocycles. The van der Waals surface area contributed by atoms with Crippen molar-refractivity contribution in [3.05, 3.63) is 48.5 Å². The van der Waals surface area contributed by atoms with Crippen LogP contribution in [0.1, 0.15) is 6.42 Å². The van der Waals surface area contributed by atoms with E-state index in [0.717, 1.165) is 30.9 Å². The average molecular weight is 395 g/mol. The number of benzene rings is 2. The maximum Gasteiger partial charge on any atom is 0.238 e. The molecule has 3 rings (SSSR count). The van der Waals surface area contributed by atoms with Crippen molar-refractivity contribution in [2.45, 2.75) is 12.5 Å². The lowest BCUT2D eigenvalue weighted by atomic mass is 10.3. The van der Waals surface area contributed by atoms with Gasteiger partial charge < -0.3 is 20.5 Å². The Bertz CT molecular complexity index is 867. The van der Waals surface area contributed by atoms with Gasteiger partial charge in [-0.15, -0.1) is 0 Å². The minimum Gasteiger partial charge on any atom is -0.497 e. The lowest BCUT2D eigenvalue weighted by molar-refractivity contribution is -0.117. The van der Waals surface area contributed by atoms with Crippen LogP contribution in [0.3, 0.4) is 0 Å². The van der Waals surface area contributed by atoms with Gasteiger partial charge in [0.05, 0.1) is 26.0 Å². The molecule has 1 amide bonds. The summed E-state index contributed by atoms with van der Waals surface area (Å²) in [7, 11) is 1.61. The molecule has 1 fully saturated rings. The number of methoxy groups -OCH3 is 1. The summed E-state index contributed by atoms with van der Waals surface area (Å²) in [6.07, 6.45) is 3.57. The number of amides is 1. The number of likely N-dealkylation sites (tertiary alicyclic amines) is 1. The average Bonchev–Trinajstić information content (AvgIpc) is 3.17. The molecular formula is C21H25N5O3. The van der Waals surface area contributed by atoms with E-state index in [2.05, 4.69) is 20.2 Å². The van der Waals surface area contributed by atoms with E-state index in [0.29, 0.717) is 18.0 Å². The molecule has 0 aromatic heterocycles. The maximum absolute atomic E-state index is 12.3. The predicted molar refractivity (Wildman–Crippen MR) is 114 cm³/mol. The van der Waals surface area contributed by atoms with Crippen LogP contribution in [-0.2, 0) is 4.79 Å². The summed E-state index contributed by atoms with van der Waals surface area (Å²) >= 11 is 0. The highest BCUT2D eigenvalue weighted by atomic mass is 16.5. The Kier molecular flexibility index (Phi) is 7.18. The maximum atomic E-state index is 12.3. The molecule has 3 N–H and O–H groups in total. The Morgan fingerprint density at radius 1 is 1.24 bits per heavy atom. The second-order valence-electron chi connectivity index (χ2n) is 6.59. The van der Waals surface area contributed by atoms with Crippen molar-refractivity contribution in [2.75, 3.05) is 32.1 Å². The molecule has 1 heterocycles.